The topological polar surface area (TPSA) is 46.6 Å². The van der Waals surface area contributed by atoms with Crippen molar-refractivity contribution >= 4 is 28.9 Å². The van der Waals surface area contributed by atoms with Gasteiger partial charge in [-0.05, 0) is 35.9 Å². The summed E-state index contributed by atoms with van der Waals surface area (Å²) in [5.41, 5.74) is 2.10. The molecule has 21 heavy (non-hydrogen) atoms. The Balaban J connectivity index is 1.65. The maximum Gasteiger partial charge on any atom is 0.348 e. The van der Waals surface area contributed by atoms with Gasteiger partial charge in [-0.15, -0.1) is 11.3 Å². The molecule has 0 saturated heterocycles. The number of thiophene rings is 1. The molecule has 0 saturated carbocycles. The monoisotopic (exact) mass is 301 g/mol. The minimum Gasteiger partial charge on any atom is -0.451 e. The molecular weight excluding hydrogens is 286 g/mol. The lowest BCUT2D eigenvalue weighted by molar-refractivity contribution is -0.121. The Bertz CT molecular complexity index is 651. The molecule has 0 bridgehead atoms. The average molecular weight is 301 g/mol. The Labute approximate surface area is 127 Å². The lowest BCUT2D eigenvalue weighted by Gasteiger charge is -2.29. The highest BCUT2D eigenvalue weighted by Gasteiger charge is 2.23. The molecule has 0 aliphatic carbocycles. The van der Waals surface area contributed by atoms with Crippen LogP contribution in [0.5, 0.6) is 0 Å². The van der Waals surface area contributed by atoms with Crippen LogP contribution in [-0.4, -0.2) is 25.0 Å². The molecule has 1 aliphatic heterocycles. The third-order valence-corrected chi connectivity index (χ3v) is 4.31. The summed E-state index contributed by atoms with van der Waals surface area (Å²) in [4.78, 5) is 26.3. The largest absolute Gasteiger partial charge is 0.451 e. The van der Waals surface area contributed by atoms with Crippen LogP contribution in [0.4, 0.5) is 5.69 Å². The van der Waals surface area contributed by atoms with E-state index in [2.05, 4.69) is 0 Å². The molecule has 0 N–H and O–H groups in total. The Hall–Kier alpha value is -2.14. The van der Waals surface area contributed by atoms with Crippen molar-refractivity contribution in [2.75, 3.05) is 18.1 Å². The third kappa shape index (κ3) is 2.97. The molecule has 0 spiro atoms. The maximum atomic E-state index is 12.3. The van der Waals surface area contributed by atoms with E-state index in [4.69, 9.17) is 4.74 Å². The molecule has 0 unspecified atom stereocenters. The van der Waals surface area contributed by atoms with Gasteiger partial charge in [0.2, 0.25) is 0 Å². The zero-order valence-electron chi connectivity index (χ0n) is 11.5. The first-order valence-corrected chi connectivity index (χ1v) is 7.72. The first-order valence-electron chi connectivity index (χ1n) is 6.84. The number of para-hydroxylation sites is 1. The van der Waals surface area contributed by atoms with E-state index in [1.54, 1.807) is 22.4 Å². The van der Waals surface area contributed by atoms with Crippen LogP contribution < -0.4 is 4.90 Å². The second-order valence-corrected chi connectivity index (χ2v) is 5.78. The van der Waals surface area contributed by atoms with Gasteiger partial charge in [0.05, 0.1) is 0 Å². The van der Waals surface area contributed by atoms with Gasteiger partial charge in [0.25, 0.3) is 5.91 Å². The van der Waals surface area contributed by atoms with Crippen LogP contribution in [0.3, 0.4) is 0 Å². The second-order valence-electron chi connectivity index (χ2n) is 4.83. The Kier molecular flexibility index (Phi) is 4.01. The van der Waals surface area contributed by atoms with Crippen LogP contribution in [0.2, 0.25) is 0 Å². The maximum absolute atomic E-state index is 12.3. The molecule has 1 amide bonds. The molecule has 1 aromatic heterocycles. The molecular formula is C16H15NO3S. The van der Waals surface area contributed by atoms with Crippen molar-refractivity contribution < 1.29 is 14.3 Å². The van der Waals surface area contributed by atoms with E-state index < -0.39 is 5.97 Å². The van der Waals surface area contributed by atoms with Gasteiger partial charge >= 0.3 is 5.97 Å². The number of nitrogens with zero attached hydrogens (tertiary/aromatic N) is 1. The van der Waals surface area contributed by atoms with E-state index in [0.717, 1.165) is 18.5 Å². The zero-order valence-corrected chi connectivity index (χ0v) is 12.3. The quantitative estimate of drug-likeness (QED) is 0.819. The first kappa shape index (κ1) is 13.8. The lowest BCUT2D eigenvalue weighted by atomic mass is 10.0. The fourth-order valence-electron chi connectivity index (χ4n) is 2.46. The summed E-state index contributed by atoms with van der Waals surface area (Å²) in [6.07, 6.45) is 1.91. The van der Waals surface area contributed by atoms with E-state index in [0.29, 0.717) is 11.4 Å². The van der Waals surface area contributed by atoms with Crippen molar-refractivity contribution in [1.82, 2.24) is 0 Å². The van der Waals surface area contributed by atoms with Crippen molar-refractivity contribution in [2.45, 2.75) is 12.8 Å². The van der Waals surface area contributed by atoms with Crippen LogP contribution in [0, 0.1) is 0 Å². The van der Waals surface area contributed by atoms with Gasteiger partial charge in [-0.1, -0.05) is 24.3 Å². The molecule has 4 nitrogen and oxygen atoms in total. The Morgan fingerprint density at radius 2 is 2.05 bits per heavy atom. The first-order chi connectivity index (χ1) is 10.3. The normalized spacial score (nSPS) is 13.6. The molecule has 5 heteroatoms. The number of hydrogen-bond donors (Lipinski definition) is 0. The van der Waals surface area contributed by atoms with Gasteiger partial charge in [-0.25, -0.2) is 4.79 Å². The minimum atomic E-state index is -0.441. The number of aryl methyl sites for hydroxylation is 1. The van der Waals surface area contributed by atoms with Crippen molar-refractivity contribution in [1.29, 1.82) is 0 Å². The molecule has 108 valence electrons. The molecule has 1 aliphatic rings. The minimum absolute atomic E-state index is 0.174. The number of benzene rings is 1. The summed E-state index contributed by atoms with van der Waals surface area (Å²) in [7, 11) is 0. The summed E-state index contributed by atoms with van der Waals surface area (Å²) in [5.74, 6) is -0.615. The average Bonchev–Trinajstić information content (AvgIpc) is 3.06. The molecule has 2 heterocycles. The summed E-state index contributed by atoms with van der Waals surface area (Å²) in [5, 5.41) is 1.80. The van der Waals surface area contributed by atoms with Gasteiger partial charge in [-0.2, -0.15) is 0 Å². The Morgan fingerprint density at radius 1 is 1.19 bits per heavy atom. The van der Waals surface area contributed by atoms with Gasteiger partial charge in [-0.3, -0.25) is 4.79 Å². The lowest BCUT2D eigenvalue weighted by Crippen LogP contribution is -2.38. The van der Waals surface area contributed by atoms with Crippen LogP contribution in [0.15, 0.2) is 41.8 Å². The highest BCUT2D eigenvalue weighted by atomic mass is 32.1. The smallest absolute Gasteiger partial charge is 0.348 e. The molecule has 1 aromatic carbocycles. The van der Waals surface area contributed by atoms with Crippen LogP contribution in [0.25, 0.3) is 0 Å². The fourth-order valence-corrected chi connectivity index (χ4v) is 3.08. The number of esters is 1. The highest BCUT2D eigenvalue weighted by Crippen LogP contribution is 2.26. The number of ether oxygens (including phenoxy) is 1. The van der Waals surface area contributed by atoms with Crippen molar-refractivity contribution in [3.05, 3.63) is 52.2 Å². The van der Waals surface area contributed by atoms with Gasteiger partial charge < -0.3 is 9.64 Å². The Morgan fingerprint density at radius 3 is 2.86 bits per heavy atom. The van der Waals surface area contributed by atoms with Crippen molar-refractivity contribution in [3.8, 4) is 0 Å². The van der Waals surface area contributed by atoms with E-state index >= 15 is 0 Å². The fraction of sp³-hybridized carbons (Fsp3) is 0.250. The molecule has 3 rings (SSSR count). The SMILES string of the molecule is O=C(OCC(=O)N1CCCc2ccccc21)c1cccs1. The summed E-state index contributed by atoms with van der Waals surface area (Å²) in [6, 6.07) is 11.3. The molecule has 0 atom stereocenters. The number of anilines is 1. The third-order valence-electron chi connectivity index (χ3n) is 3.46. The molecule has 0 radical (unpaired) electrons. The number of carbonyl (C=O) groups is 2. The van der Waals surface area contributed by atoms with Crippen LogP contribution >= 0.6 is 11.3 Å². The molecule has 2 aromatic rings. The van der Waals surface area contributed by atoms with Crippen molar-refractivity contribution in [3.63, 3.8) is 0 Å². The van der Waals surface area contributed by atoms with E-state index in [1.165, 1.54) is 16.9 Å². The number of hydrogen-bond acceptors (Lipinski definition) is 4. The predicted octanol–water partition coefficient (Wildman–Crippen LogP) is 2.88. The number of rotatable bonds is 3. The van der Waals surface area contributed by atoms with E-state index in [-0.39, 0.29) is 12.5 Å². The van der Waals surface area contributed by atoms with Crippen molar-refractivity contribution in [2.24, 2.45) is 0 Å². The standard InChI is InChI=1S/C16H15NO3S/c18-15(11-20-16(19)14-8-4-10-21-14)17-9-3-6-12-5-1-2-7-13(12)17/h1-2,4-5,7-8,10H,3,6,9,11H2. The van der Waals surface area contributed by atoms with E-state index in [9.17, 15) is 9.59 Å². The second kappa shape index (κ2) is 6.10. The predicted molar refractivity (Wildman–Crippen MR) is 81.7 cm³/mol. The summed E-state index contributed by atoms with van der Waals surface area (Å²) >= 11 is 1.31. The number of carbonyl (C=O) groups excluding carboxylic acids is 2. The highest BCUT2D eigenvalue weighted by molar-refractivity contribution is 7.11. The number of fused-ring (bicyclic) bond motifs is 1. The van der Waals surface area contributed by atoms with E-state index in [1.807, 2.05) is 24.3 Å². The molecule has 0 fully saturated rings. The van der Waals surface area contributed by atoms with Gasteiger partial charge in [0, 0.05) is 12.2 Å². The zero-order chi connectivity index (χ0) is 14.7. The van der Waals surface area contributed by atoms with Gasteiger partial charge in [0.15, 0.2) is 6.61 Å². The van der Waals surface area contributed by atoms with Gasteiger partial charge in [0.1, 0.15) is 4.88 Å². The number of amides is 1. The van der Waals surface area contributed by atoms with Crippen LogP contribution in [-0.2, 0) is 16.0 Å². The summed E-state index contributed by atoms with van der Waals surface area (Å²) < 4.78 is 5.10. The summed E-state index contributed by atoms with van der Waals surface area (Å²) in [6.45, 7) is 0.456. The van der Waals surface area contributed by atoms with Crippen LogP contribution in [0.1, 0.15) is 21.7 Å².